The van der Waals surface area contributed by atoms with Crippen molar-refractivity contribution in [2.24, 2.45) is 0 Å². The highest BCUT2D eigenvalue weighted by Crippen LogP contribution is 2.22. The largest absolute Gasteiger partial charge is 0.350 e. The van der Waals surface area contributed by atoms with Crippen LogP contribution in [0.3, 0.4) is 0 Å². The lowest BCUT2D eigenvalue weighted by Gasteiger charge is -2.07. The van der Waals surface area contributed by atoms with Gasteiger partial charge in [-0.1, -0.05) is 23.7 Å². The molecule has 0 unspecified atom stereocenters. The van der Waals surface area contributed by atoms with E-state index in [9.17, 15) is 13.2 Å². The number of benzene rings is 2. The first-order valence-corrected chi connectivity index (χ1v) is 10.6. The number of amides is 1. The minimum Gasteiger partial charge on any atom is -0.350 e. The molecule has 8 heteroatoms. The van der Waals surface area contributed by atoms with Crippen LogP contribution in [0.15, 0.2) is 82.8 Å². The highest BCUT2D eigenvalue weighted by Gasteiger charge is 2.17. The molecular formula is C21H16ClN3O3S. The van der Waals surface area contributed by atoms with Gasteiger partial charge in [-0.15, -0.1) is 0 Å². The number of halogens is 1. The molecule has 2 heterocycles. The summed E-state index contributed by atoms with van der Waals surface area (Å²) >= 11 is 5.82. The van der Waals surface area contributed by atoms with E-state index in [1.165, 1.54) is 24.3 Å². The first kappa shape index (κ1) is 19.2. The van der Waals surface area contributed by atoms with E-state index in [-0.39, 0.29) is 22.2 Å². The first-order valence-electron chi connectivity index (χ1n) is 8.74. The highest BCUT2D eigenvalue weighted by molar-refractivity contribution is 7.91. The fourth-order valence-electron chi connectivity index (χ4n) is 2.91. The third-order valence-electron chi connectivity index (χ3n) is 4.48. The van der Waals surface area contributed by atoms with Crippen LogP contribution in [0, 0.1) is 0 Å². The minimum atomic E-state index is -3.62. The Balaban J connectivity index is 1.45. The molecule has 2 N–H and O–H groups in total. The number of fused-ring (bicyclic) bond motifs is 1. The van der Waals surface area contributed by atoms with Gasteiger partial charge in [0.1, 0.15) is 5.69 Å². The second-order valence-corrected chi connectivity index (χ2v) is 8.82. The molecule has 4 rings (SSSR count). The zero-order valence-corrected chi connectivity index (χ0v) is 16.7. The summed E-state index contributed by atoms with van der Waals surface area (Å²) < 4.78 is 25.3. The van der Waals surface area contributed by atoms with Crippen LogP contribution < -0.4 is 5.32 Å². The maximum absolute atomic E-state index is 12.7. The van der Waals surface area contributed by atoms with Gasteiger partial charge in [0, 0.05) is 34.9 Å². The van der Waals surface area contributed by atoms with Crippen LogP contribution in [0.25, 0.3) is 10.9 Å². The second-order valence-electron chi connectivity index (χ2n) is 6.43. The van der Waals surface area contributed by atoms with E-state index in [0.29, 0.717) is 10.7 Å². The Labute approximate surface area is 172 Å². The smallest absolute Gasteiger partial charge is 0.267 e. The van der Waals surface area contributed by atoms with Gasteiger partial charge in [0.25, 0.3) is 5.91 Å². The third kappa shape index (κ3) is 4.01. The second kappa shape index (κ2) is 7.69. The molecule has 146 valence electrons. The fourth-order valence-corrected chi connectivity index (χ4v) is 4.30. The molecule has 0 fully saturated rings. The lowest BCUT2D eigenvalue weighted by atomic mass is 10.2. The molecule has 0 aliphatic rings. The summed E-state index contributed by atoms with van der Waals surface area (Å²) in [4.78, 5) is 19.8. The Morgan fingerprint density at radius 1 is 1.00 bits per heavy atom. The number of pyridine rings is 1. The molecule has 2 aromatic heterocycles. The van der Waals surface area contributed by atoms with Crippen LogP contribution in [0.5, 0.6) is 0 Å². The summed E-state index contributed by atoms with van der Waals surface area (Å²) in [6.45, 7) is 0.272. The molecule has 0 radical (unpaired) electrons. The van der Waals surface area contributed by atoms with Crippen LogP contribution in [-0.4, -0.2) is 24.3 Å². The maximum atomic E-state index is 12.7. The number of sulfone groups is 1. The number of hydrogen-bond donors (Lipinski definition) is 2. The van der Waals surface area contributed by atoms with Crippen molar-refractivity contribution in [3.05, 3.63) is 89.3 Å². The molecule has 0 spiro atoms. The van der Waals surface area contributed by atoms with Gasteiger partial charge in [0.2, 0.25) is 9.84 Å². The van der Waals surface area contributed by atoms with Crippen molar-refractivity contribution in [3.8, 4) is 0 Å². The van der Waals surface area contributed by atoms with E-state index in [1.54, 1.807) is 48.8 Å². The van der Waals surface area contributed by atoms with Gasteiger partial charge in [-0.25, -0.2) is 8.42 Å². The number of aromatic amines is 1. The summed E-state index contributed by atoms with van der Waals surface area (Å²) in [5, 5.41) is 4.15. The zero-order chi connectivity index (χ0) is 20.4. The lowest BCUT2D eigenvalue weighted by molar-refractivity contribution is 0.0946. The van der Waals surface area contributed by atoms with Crippen molar-refractivity contribution in [2.75, 3.05) is 0 Å². The summed E-state index contributed by atoms with van der Waals surface area (Å²) in [6.07, 6.45) is 3.34. The number of aromatic nitrogens is 2. The average Bonchev–Trinajstić information content (AvgIpc) is 3.17. The summed E-state index contributed by atoms with van der Waals surface area (Å²) in [7, 11) is -3.62. The molecular weight excluding hydrogens is 410 g/mol. The van der Waals surface area contributed by atoms with Crippen LogP contribution in [0.1, 0.15) is 16.1 Å². The first-order chi connectivity index (χ1) is 13.9. The maximum Gasteiger partial charge on any atom is 0.267 e. The van der Waals surface area contributed by atoms with Crippen molar-refractivity contribution in [3.63, 3.8) is 0 Å². The monoisotopic (exact) mass is 425 g/mol. The van der Waals surface area contributed by atoms with Crippen molar-refractivity contribution >= 4 is 38.2 Å². The van der Waals surface area contributed by atoms with E-state index in [1.807, 2.05) is 0 Å². The van der Waals surface area contributed by atoms with Crippen LogP contribution >= 0.6 is 11.6 Å². The van der Waals surface area contributed by atoms with Gasteiger partial charge < -0.3 is 10.3 Å². The van der Waals surface area contributed by atoms with Crippen molar-refractivity contribution in [1.82, 2.24) is 15.3 Å². The summed E-state index contributed by atoms with van der Waals surface area (Å²) in [5.74, 6) is -0.251. The Morgan fingerprint density at radius 2 is 1.66 bits per heavy atom. The zero-order valence-electron chi connectivity index (χ0n) is 15.1. The minimum absolute atomic E-state index is 0.177. The van der Waals surface area contributed by atoms with Gasteiger partial charge in [-0.05, 0) is 54.1 Å². The van der Waals surface area contributed by atoms with Gasteiger partial charge in [0.05, 0.1) is 9.79 Å². The molecule has 6 nitrogen and oxygen atoms in total. The van der Waals surface area contributed by atoms with E-state index in [2.05, 4.69) is 15.3 Å². The van der Waals surface area contributed by atoms with Gasteiger partial charge in [-0.2, -0.15) is 0 Å². The predicted molar refractivity (Wildman–Crippen MR) is 111 cm³/mol. The van der Waals surface area contributed by atoms with Crippen LogP contribution in [-0.2, 0) is 16.4 Å². The summed E-state index contributed by atoms with van der Waals surface area (Å²) in [5.41, 5.74) is 2.06. The lowest BCUT2D eigenvalue weighted by Crippen LogP contribution is -2.23. The quantitative estimate of drug-likeness (QED) is 0.506. The van der Waals surface area contributed by atoms with Gasteiger partial charge >= 0.3 is 0 Å². The fraction of sp³-hybridized carbons (Fsp3) is 0.0476. The molecule has 0 bridgehead atoms. The predicted octanol–water partition coefficient (Wildman–Crippen LogP) is 3.98. The molecule has 2 aromatic carbocycles. The molecule has 0 saturated heterocycles. The van der Waals surface area contributed by atoms with E-state index in [0.717, 1.165) is 16.5 Å². The Bertz CT molecular complexity index is 1250. The van der Waals surface area contributed by atoms with E-state index in [4.69, 9.17) is 11.6 Å². The SMILES string of the molecule is O=C(NCc1ccc(S(=O)(=O)c2ccc(Cl)cc2)cc1)c1cc2cnccc2[nH]1. The number of carbonyl (C=O) groups excluding carboxylic acids is 1. The molecule has 0 aliphatic heterocycles. The normalized spacial score (nSPS) is 11.5. The van der Waals surface area contributed by atoms with E-state index < -0.39 is 9.84 Å². The molecule has 29 heavy (non-hydrogen) atoms. The van der Waals surface area contributed by atoms with Gasteiger partial charge in [0.15, 0.2) is 0 Å². The third-order valence-corrected chi connectivity index (χ3v) is 6.51. The number of H-pyrrole nitrogens is 1. The van der Waals surface area contributed by atoms with Crippen molar-refractivity contribution < 1.29 is 13.2 Å². The van der Waals surface area contributed by atoms with Gasteiger partial charge in [-0.3, -0.25) is 9.78 Å². The topological polar surface area (TPSA) is 91.9 Å². The Kier molecular flexibility index (Phi) is 5.08. The number of rotatable bonds is 5. The van der Waals surface area contributed by atoms with E-state index >= 15 is 0 Å². The standard InChI is InChI=1S/C21H16ClN3O3S/c22-16-3-7-18(8-4-16)29(27,28)17-5-1-14(2-6-17)12-24-21(26)20-11-15-13-23-10-9-19(15)25-20/h1-11,13,25H,12H2,(H,24,26). The van der Waals surface area contributed by atoms with Crippen molar-refractivity contribution in [1.29, 1.82) is 0 Å². The molecule has 0 saturated carbocycles. The van der Waals surface area contributed by atoms with Crippen LogP contribution in [0.2, 0.25) is 5.02 Å². The van der Waals surface area contributed by atoms with Crippen molar-refractivity contribution in [2.45, 2.75) is 16.3 Å². The Hall–Kier alpha value is -3.16. The molecule has 1 amide bonds. The molecule has 0 aliphatic carbocycles. The molecule has 0 atom stereocenters. The van der Waals surface area contributed by atoms with Crippen LogP contribution in [0.4, 0.5) is 0 Å². The number of carbonyl (C=O) groups is 1. The highest BCUT2D eigenvalue weighted by atomic mass is 35.5. The molecule has 4 aromatic rings. The number of nitrogens with one attached hydrogen (secondary N) is 2. The summed E-state index contributed by atoms with van der Waals surface area (Å²) in [6, 6.07) is 16.0. The number of hydrogen-bond acceptors (Lipinski definition) is 4. The Morgan fingerprint density at radius 3 is 2.31 bits per heavy atom. The number of nitrogens with zero attached hydrogens (tertiary/aromatic N) is 1. The average molecular weight is 426 g/mol.